The molecule has 0 bridgehead atoms. The van der Waals surface area contributed by atoms with Crippen molar-refractivity contribution in [2.75, 3.05) is 32.2 Å². The molecule has 1 atom stereocenters. The summed E-state index contributed by atoms with van der Waals surface area (Å²) in [6, 6.07) is 6.33. The molecule has 1 aromatic rings. The number of hydrogen-bond donors (Lipinski definition) is 3. The quantitative estimate of drug-likeness (QED) is 0.591. The standard InChI is InChI=1S/C14H21N3O4/c1-10(18)17-11-4-3-5-12(8-11)21-7-6-16-14(19)13(15)9-20-2/h3-5,8,13H,6-7,9,15H2,1-2H3,(H,16,19)(H,17,18). The molecule has 2 amide bonds. The van der Waals surface area contributed by atoms with Gasteiger partial charge in [-0.25, -0.2) is 0 Å². The summed E-state index contributed by atoms with van der Waals surface area (Å²) in [5.74, 6) is 0.177. The van der Waals surface area contributed by atoms with E-state index in [1.54, 1.807) is 24.3 Å². The Balaban J connectivity index is 2.32. The Hall–Kier alpha value is -2.12. The van der Waals surface area contributed by atoms with Gasteiger partial charge in [0, 0.05) is 25.8 Å². The summed E-state index contributed by atoms with van der Waals surface area (Å²) >= 11 is 0. The normalized spacial score (nSPS) is 11.6. The number of carbonyl (C=O) groups excluding carboxylic acids is 2. The maximum atomic E-state index is 11.5. The van der Waals surface area contributed by atoms with Gasteiger partial charge in [0.25, 0.3) is 0 Å². The minimum absolute atomic E-state index is 0.147. The molecule has 1 aromatic carbocycles. The van der Waals surface area contributed by atoms with Gasteiger partial charge in [-0.2, -0.15) is 0 Å². The Labute approximate surface area is 123 Å². The SMILES string of the molecule is COCC(N)C(=O)NCCOc1cccc(NC(C)=O)c1. The molecule has 0 spiro atoms. The van der Waals surface area contributed by atoms with Gasteiger partial charge in [0.1, 0.15) is 18.4 Å². The third-order valence-corrected chi connectivity index (χ3v) is 2.51. The van der Waals surface area contributed by atoms with E-state index in [1.165, 1.54) is 14.0 Å². The summed E-state index contributed by atoms with van der Waals surface area (Å²) in [7, 11) is 1.48. The van der Waals surface area contributed by atoms with Gasteiger partial charge in [0.05, 0.1) is 13.2 Å². The Morgan fingerprint density at radius 1 is 1.38 bits per heavy atom. The molecule has 0 heterocycles. The van der Waals surface area contributed by atoms with Crippen molar-refractivity contribution < 1.29 is 19.1 Å². The Morgan fingerprint density at radius 3 is 2.81 bits per heavy atom. The second-order valence-corrected chi connectivity index (χ2v) is 4.41. The number of nitrogens with one attached hydrogen (secondary N) is 2. The molecule has 0 saturated carbocycles. The molecule has 1 rings (SSSR count). The summed E-state index contributed by atoms with van der Waals surface area (Å²) in [5.41, 5.74) is 6.23. The second-order valence-electron chi connectivity index (χ2n) is 4.41. The Morgan fingerprint density at radius 2 is 2.14 bits per heavy atom. The topological polar surface area (TPSA) is 103 Å². The van der Waals surface area contributed by atoms with Crippen molar-refractivity contribution >= 4 is 17.5 Å². The molecular formula is C14H21N3O4. The van der Waals surface area contributed by atoms with Crippen LogP contribution in [0.4, 0.5) is 5.69 Å². The van der Waals surface area contributed by atoms with Crippen molar-refractivity contribution in [1.29, 1.82) is 0 Å². The van der Waals surface area contributed by atoms with E-state index in [0.717, 1.165) is 0 Å². The first-order valence-corrected chi connectivity index (χ1v) is 6.55. The molecule has 21 heavy (non-hydrogen) atoms. The van der Waals surface area contributed by atoms with Gasteiger partial charge < -0.3 is 25.8 Å². The number of methoxy groups -OCH3 is 1. The number of hydrogen-bond acceptors (Lipinski definition) is 5. The zero-order valence-electron chi connectivity index (χ0n) is 12.2. The third-order valence-electron chi connectivity index (χ3n) is 2.51. The largest absolute Gasteiger partial charge is 0.492 e. The highest BCUT2D eigenvalue weighted by Crippen LogP contribution is 2.16. The monoisotopic (exact) mass is 295 g/mol. The fourth-order valence-corrected chi connectivity index (χ4v) is 1.60. The van der Waals surface area contributed by atoms with Gasteiger partial charge in [-0.1, -0.05) is 6.07 Å². The Kier molecular flexibility index (Phi) is 7.20. The van der Waals surface area contributed by atoms with Gasteiger partial charge in [0.2, 0.25) is 11.8 Å². The van der Waals surface area contributed by atoms with Gasteiger partial charge in [0.15, 0.2) is 0 Å². The number of ether oxygens (including phenoxy) is 2. The van der Waals surface area contributed by atoms with Crippen molar-refractivity contribution in [2.45, 2.75) is 13.0 Å². The van der Waals surface area contributed by atoms with E-state index in [2.05, 4.69) is 10.6 Å². The highest BCUT2D eigenvalue weighted by molar-refractivity contribution is 5.88. The predicted molar refractivity (Wildman–Crippen MR) is 79.1 cm³/mol. The summed E-state index contributed by atoms with van der Waals surface area (Å²) in [5, 5.41) is 5.31. The van der Waals surface area contributed by atoms with E-state index >= 15 is 0 Å². The number of nitrogens with two attached hydrogens (primary N) is 1. The molecular weight excluding hydrogens is 274 g/mol. The van der Waals surface area contributed by atoms with Crippen molar-refractivity contribution in [2.24, 2.45) is 5.73 Å². The van der Waals surface area contributed by atoms with E-state index in [1.807, 2.05) is 0 Å². The molecule has 0 radical (unpaired) electrons. The first-order valence-electron chi connectivity index (χ1n) is 6.55. The lowest BCUT2D eigenvalue weighted by atomic mass is 10.3. The van der Waals surface area contributed by atoms with Crippen LogP contribution in [0.25, 0.3) is 0 Å². The molecule has 0 aliphatic heterocycles. The molecule has 0 saturated heterocycles. The van der Waals surface area contributed by atoms with Crippen molar-refractivity contribution in [3.8, 4) is 5.75 Å². The second kappa shape index (κ2) is 8.93. The molecule has 0 aliphatic carbocycles. The number of anilines is 1. The van der Waals surface area contributed by atoms with Crippen LogP contribution in [0.15, 0.2) is 24.3 Å². The average Bonchev–Trinajstić information content (AvgIpc) is 2.43. The van der Waals surface area contributed by atoms with Crippen LogP contribution in [0.3, 0.4) is 0 Å². The molecule has 4 N–H and O–H groups in total. The highest BCUT2D eigenvalue weighted by atomic mass is 16.5. The zero-order chi connectivity index (χ0) is 15.7. The van der Waals surface area contributed by atoms with Gasteiger partial charge in [-0.3, -0.25) is 9.59 Å². The van der Waals surface area contributed by atoms with Crippen molar-refractivity contribution in [1.82, 2.24) is 5.32 Å². The molecule has 1 unspecified atom stereocenters. The van der Waals surface area contributed by atoms with E-state index < -0.39 is 6.04 Å². The predicted octanol–water partition coefficient (Wildman–Crippen LogP) is 0.114. The zero-order valence-corrected chi connectivity index (χ0v) is 12.2. The van der Waals surface area contributed by atoms with Crippen LogP contribution in [0.1, 0.15) is 6.92 Å². The third kappa shape index (κ3) is 6.73. The first kappa shape index (κ1) is 16.9. The lowest BCUT2D eigenvalue weighted by molar-refractivity contribution is -0.123. The summed E-state index contributed by atoms with van der Waals surface area (Å²) in [6.07, 6.45) is 0. The lowest BCUT2D eigenvalue weighted by Crippen LogP contribution is -2.44. The summed E-state index contributed by atoms with van der Waals surface area (Å²) < 4.78 is 10.3. The average molecular weight is 295 g/mol. The maximum Gasteiger partial charge on any atom is 0.239 e. The van der Waals surface area contributed by atoms with Crippen LogP contribution in [0.5, 0.6) is 5.75 Å². The molecule has 116 valence electrons. The van der Waals surface area contributed by atoms with Crippen LogP contribution < -0.4 is 21.1 Å². The molecule has 0 fully saturated rings. The van der Waals surface area contributed by atoms with Crippen LogP contribution in [-0.2, 0) is 14.3 Å². The van der Waals surface area contributed by atoms with Crippen LogP contribution in [-0.4, -0.2) is 44.7 Å². The molecule has 0 aliphatic rings. The van der Waals surface area contributed by atoms with Gasteiger partial charge >= 0.3 is 0 Å². The summed E-state index contributed by atoms with van der Waals surface area (Å²) in [6.45, 7) is 2.24. The van der Waals surface area contributed by atoms with Crippen LogP contribution in [0.2, 0.25) is 0 Å². The number of carbonyl (C=O) groups is 2. The molecule has 7 nitrogen and oxygen atoms in total. The number of benzene rings is 1. The fraction of sp³-hybridized carbons (Fsp3) is 0.429. The number of amides is 2. The highest BCUT2D eigenvalue weighted by Gasteiger charge is 2.11. The summed E-state index contributed by atoms with van der Waals surface area (Å²) in [4.78, 5) is 22.5. The van der Waals surface area contributed by atoms with E-state index in [0.29, 0.717) is 24.6 Å². The smallest absolute Gasteiger partial charge is 0.239 e. The van der Waals surface area contributed by atoms with Crippen LogP contribution >= 0.6 is 0 Å². The van der Waals surface area contributed by atoms with Gasteiger partial charge in [-0.05, 0) is 12.1 Å². The minimum Gasteiger partial charge on any atom is -0.492 e. The van der Waals surface area contributed by atoms with E-state index in [-0.39, 0.29) is 18.4 Å². The fourth-order valence-electron chi connectivity index (χ4n) is 1.60. The van der Waals surface area contributed by atoms with Crippen molar-refractivity contribution in [3.63, 3.8) is 0 Å². The van der Waals surface area contributed by atoms with E-state index in [4.69, 9.17) is 15.2 Å². The molecule has 7 heteroatoms. The number of rotatable bonds is 8. The Bertz CT molecular complexity index is 479. The first-order chi connectivity index (χ1) is 10.0. The van der Waals surface area contributed by atoms with Crippen LogP contribution in [0, 0.1) is 0 Å². The lowest BCUT2D eigenvalue weighted by Gasteiger charge is -2.12. The van der Waals surface area contributed by atoms with Crippen molar-refractivity contribution in [3.05, 3.63) is 24.3 Å². The minimum atomic E-state index is -0.682. The molecule has 0 aromatic heterocycles. The van der Waals surface area contributed by atoms with E-state index in [9.17, 15) is 9.59 Å². The van der Waals surface area contributed by atoms with Gasteiger partial charge in [-0.15, -0.1) is 0 Å². The maximum absolute atomic E-state index is 11.5.